The third-order valence-electron chi connectivity index (χ3n) is 3.01. The Morgan fingerprint density at radius 2 is 1.90 bits per heavy atom. The molecule has 21 heavy (non-hydrogen) atoms. The number of fused-ring (bicyclic) bond motifs is 1. The number of halogens is 4. The number of hydrogen-bond donors (Lipinski definition) is 0. The lowest BCUT2D eigenvalue weighted by Gasteiger charge is -2.11. The maximum absolute atomic E-state index is 6.32. The van der Waals surface area contributed by atoms with Crippen molar-refractivity contribution in [3.63, 3.8) is 0 Å². The van der Waals surface area contributed by atoms with Crippen LogP contribution in [-0.4, -0.2) is 20.4 Å². The lowest BCUT2D eigenvalue weighted by molar-refractivity contribution is 0.905. The van der Waals surface area contributed by atoms with Gasteiger partial charge in [-0.3, -0.25) is 4.57 Å². The Hall–Kier alpha value is -0.810. The number of aryl methyl sites for hydroxylation is 1. The molecule has 108 valence electrons. The van der Waals surface area contributed by atoms with Crippen molar-refractivity contribution >= 4 is 61.9 Å². The molecule has 0 amide bonds. The average Bonchev–Trinajstić information content (AvgIpc) is 2.77. The highest BCUT2D eigenvalue weighted by molar-refractivity contribution is 9.10. The summed E-state index contributed by atoms with van der Waals surface area (Å²) in [6.45, 7) is 0. The summed E-state index contributed by atoms with van der Waals surface area (Å²) < 4.78 is 2.73. The number of aromatic nitrogens is 3. The number of para-hydroxylation sites is 1. The summed E-state index contributed by atoms with van der Waals surface area (Å²) in [5.41, 5.74) is 2.15. The van der Waals surface area contributed by atoms with Gasteiger partial charge in [-0.15, -0.1) is 11.6 Å². The Bertz CT molecular complexity index is 796. The van der Waals surface area contributed by atoms with Crippen LogP contribution in [0.4, 0.5) is 0 Å². The molecule has 1 aromatic carbocycles. The van der Waals surface area contributed by atoms with Gasteiger partial charge in [0.25, 0.3) is 0 Å². The van der Waals surface area contributed by atoms with E-state index in [2.05, 4.69) is 25.9 Å². The fourth-order valence-corrected chi connectivity index (χ4v) is 3.23. The first-order valence-electron chi connectivity index (χ1n) is 6.15. The maximum Gasteiger partial charge on any atom is 0.164 e. The Labute approximate surface area is 145 Å². The van der Waals surface area contributed by atoms with Gasteiger partial charge in [-0.1, -0.05) is 29.3 Å². The summed E-state index contributed by atoms with van der Waals surface area (Å²) in [6, 6.07) is 7.29. The predicted molar refractivity (Wildman–Crippen MR) is 91.0 cm³/mol. The topological polar surface area (TPSA) is 30.7 Å². The molecular weight excluding hydrogens is 396 g/mol. The number of benzene rings is 1. The highest BCUT2D eigenvalue weighted by Crippen LogP contribution is 2.32. The zero-order chi connectivity index (χ0) is 15.0. The van der Waals surface area contributed by atoms with Crippen molar-refractivity contribution in [2.24, 2.45) is 0 Å². The lowest BCUT2D eigenvalue weighted by atomic mass is 10.3. The standard InChI is InChI=1S/C14H9BrCl3N3/c15-8-6-11-14(19-7-8)21(12(20-11)4-5-16)13-9(17)2-1-3-10(13)18/h1-3,6-7H,4-5H2. The quantitative estimate of drug-likeness (QED) is 0.556. The minimum atomic E-state index is 0.451. The maximum atomic E-state index is 6.32. The van der Waals surface area contributed by atoms with Crippen molar-refractivity contribution < 1.29 is 0 Å². The van der Waals surface area contributed by atoms with Crippen LogP contribution < -0.4 is 0 Å². The van der Waals surface area contributed by atoms with Crippen LogP contribution in [0.25, 0.3) is 16.9 Å². The second-order valence-corrected chi connectivity index (χ2v) is 6.48. The molecule has 0 aliphatic carbocycles. The molecule has 0 unspecified atom stereocenters. The first kappa shape index (κ1) is 15.1. The van der Waals surface area contributed by atoms with E-state index in [1.54, 1.807) is 24.4 Å². The van der Waals surface area contributed by atoms with E-state index in [9.17, 15) is 0 Å². The third kappa shape index (κ3) is 2.78. The molecule has 2 aromatic heterocycles. The number of imidazole rings is 1. The van der Waals surface area contributed by atoms with Gasteiger partial charge in [0.1, 0.15) is 11.3 Å². The van der Waals surface area contributed by atoms with E-state index < -0.39 is 0 Å². The van der Waals surface area contributed by atoms with E-state index in [0.29, 0.717) is 33.7 Å². The van der Waals surface area contributed by atoms with Gasteiger partial charge in [0.2, 0.25) is 0 Å². The molecule has 0 spiro atoms. The predicted octanol–water partition coefficient (Wildman–Crippen LogP) is 5.27. The molecule has 0 atom stereocenters. The lowest BCUT2D eigenvalue weighted by Crippen LogP contribution is -2.04. The number of rotatable bonds is 3. The van der Waals surface area contributed by atoms with Crippen molar-refractivity contribution in [1.82, 2.24) is 14.5 Å². The van der Waals surface area contributed by atoms with Gasteiger partial charge in [0, 0.05) is 23.0 Å². The van der Waals surface area contributed by atoms with E-state index in [1.165, 1.54) is 0 Å². The van der Waals surface area contributed by atoms with Gasteiger partial charge < -0.3 is 0 Å². The summed E-state index contributed by atoms with van der Waals surface area (Å²) in [7, 11) is 0. The molecule has 0 fully saturated rings. The Kier molecular flexibility index (Phi) is 4.41. The van der Waals surface area contributed by atoms with E-state index in [-0.39, 0.29) is 0 Å². The fraction of sp³-hybridized carbons (Fsp3) is 0.143. The molecule has 0 radical (unpaired) electrons. The van der Waals surface area contributed by atoms with Crippen molar-refractivity contribution in [2.45, 2.75) is 6.42 Å². The minimum Gasteiger partial charge on any atom is -0.278 e. The van der Waals surface area contributed by atoms with Crippen LogP contribution in [0.15, 0.2) is 34.9 Å². The summed E-state index contributed by atoms with van der Waals surface area (Å²) in [6.07, 6.45) is 2.31. The van der Waals surface area contributed by atoms with Gasteiger partial charge in [-0.05, 0) is 34.1 Å². The van der Waals surface area contributed by atoms with Crippen molar-refractivity contribution in [3.05, 3.63) is 50.8 Å². The highest BCUT2D eigenvalue weighted by Gasteiger charge is 2.18. The zero-order valence-corrected chi connectivity index (χ0v) is 14.5. The van der Waals surface area contributed by atoms with E-state index in [4.69, 9.17) is 34.8 Å². The second kappa shape index (κ2) is 6.13. The highest BCUT2D eigenvalue weighted by atomic mass is 79.9. The molecule has 0 N–H and O–H groups in total. The molecule has 3 aromatic rings. The van der Waals surface area contributed by atoms with Crippen LogP contribution in [0, 0.1) is 0 Å². The first-order chi connectivity index (χ1) is 10.1. The molecule has 0 aliphatic rings. The van der Waals surface area contributed by atoms with Gasteiger partial charge in [-0.2, -0.15) is 0 Å². The van der Waals surface area contributed by atoms with Crippen LogP contribution in [0.1, 0.15) is 5.82 Å². The Morgan fingerprint density at radius 1 is 1.19 bits per heavy atom. The third-order valence-corrected chi connectivity index (χ3v) is 4.25. The van der Waals surface area contributed by atoms with Crippen LogP contribution in [-0.2, 0) is 6.42 Å². The van der Waals surface area contributed by atoms with Crippen molar-refractivity contribution in [1.29, 1.82) is 0 Å². The van der Waals surface area contributed by atoms with Crippen molar-refractivity contribution in [3.8, 4) is 5.69 Å². The van der Waals surface area contributed by atoms with Crippen LogP contribution in [0.2, 0.25) is 10.0 Å². The molecule has 0 aliphatic heterocycles. The van der Waals surface area contributed by atoms with Gasteiger partial charge in [0.15, 0.2) is 5.65 Å². The number of nitrogens with zero attached hydrogens (tertiary/aromatic N) is 3. The van der Waals surface area contributed by atoms with Gasteiger partial charge in [0.05, 0.1) is 15.7 Å². The summed E-state index contributed by atoms with van der Waals surface area (Å²) in [4.78, 5) is 9.03. The number of hydrogen-bond acceptors (Lipinski definition) is 2. The molecule has 7 heteroatoms. The monoisotopic (exact) mass is 403 g/mol. The Morgan fingerprint density at radius 3 is 2.57 bits per heavy atom. The molecule has 0 bridgehead atoms. The first-order valence-corrected chi connectivity index (χ1v) is 8.23. The number of alkyl halides is 1. The smallest absolute Gasteiger partial charge is 0.164 e. The fourth-order valence-electron chi connectivity index (χ4n) is 2.18. The number of pyridine rings is 1. The second-order valence-electron chi connectivity index (χ2n) is 4.37. The van der Waals surface area contributed by atoms with Crippen LogP contribution in [0.3, 0.4) is 0 Å². The Balaban J connectivity index is 2.36. The summed E-state index contributed by atoms with van der Waals surface area (Å²) >= 11 is 21.9. The van der Waals surface area contributed by atoms with Crippen molar-refractivity contribution in [2.75, 3.05) is 5.88 Å². The van der Waals surface area contributed by atoms with Gasteiger partial charge in [-0.25, -0.2) is 9.97 Å². The normalized spacial score (nSPS) is 11.2. The van der Waals surface area contributed by atoms with Crippen LogP contribution >= 0.6 is 50.7 Å². The molecule has 3 nitrogen and oxygen atoms in total. The largest absolute Gasteiger partial charge is 0.278 e. The van der Waals surface area contributed by atoms with E-state index in [1.807, 2.05) is 10.6 Å². The average molecular weight is 406 g/mol. The van der Waals surface area contributed by atoms with Crippen LogP contribution in [0.5, 0.6) is 0 Å². The van der Waals surface area contributed by atoms with Gasteiger partial charge >= 0.3 is 0 Å². The SMILES string of the molecule is ClCCc1nc2cc(Br)cnc2n1-c1c(Cl)cccc1Cl. The van der Waals surface area contributed by atoms with E-state index in [0.717, 1.165) is 15.8 Å². The molecule has 2 heterocycles. The molecule has 0 saturated carbocycles. The minimum absolute atomic E-state index is 0.451. The molecule has 3 rings (SSSR count). The summed E-state index contributed by atoms with van der Waals surface area (Å²) in [5, 5.41) is 1.09. The molecule has 0 saturated heterocycles. The molecular formula is C14H9BrCl3N3. The summed E-state index contributed by atoms with van der Waals surface area (Å²) in [5.74, 6) is 1.23. The zero-order valence-electron chi connectivity index (χ0n) is 10.7. The van der Waals surface area contributed by atoms with E-state index >= 15 is 0 Å².